The van der Waals surface area contributed by atoms with E-state index in [-0.39, 0.29) is 5.56 Å². The van der Waals surface area contributed by atoms with Crippen LogP contribution in [-0.4, -0.2) is 24.3 Å². The van der Waals surface area contributed by atoms with Crippen LogP contribution in [0.15, 0.2) is 66.1 Å². The summed E-state index contributed by atoms with van der Waals surface area (Å²) >= 11 is 5.91. The van der Waals surface area contributed by atoms with Gasteiger partial charge >= 0.3 is 0 Å². The number of rotatable bonds is 3. The maximum Gasteiger partial charge on any atom is 0.264 e. The van der Waals surface area contributed by atoms with Crippen LogP contribution in [0.5, 0.6) is 0 Å². The van der Waals surface area contributed by atoms with Crippen molar-refractivity contribution in [3.63, 3.8) is 0 Å². The molecule has 3 heterocycles. The largest absolute Gasteiger partial charge is 0.294 e. The summed E-state index contributed by atoms with van der Waals surface area (Å²) in [6.07, 6.45) is 6.50. The summed E-state index contributed by atoms with van der Waals surface area (Å²) in [5, 5.41) is 5.40. The van der Waals surface area contributed by atoms with E-state index >= 15 is 0 Å². The Morgan fingerprint density at radius 2 is 1.92 bits per heavy atom. The Balaban J connectivity index is 1.78. The molecule has 0 N–H and O–H groups in total. The lowest BCUT2D eigenvalue weighted by Crippen LogP contribution is -2.21. The van der Waals surface area contributed by atoms with Gasteiger partial charge in [-0.2, -0.15) is 5.10 Å². The number of halogens is 1. The van der Waals surface area contributed by atoms with E-state index in [0.29, 0.717) is 22.6 Å². The minimum absolute atomic E-state index is 0.135. The average molecular weight is 338 g/mol. The van der Waals surface area contributed by atoms with E-state index in [1.807, 2.05) is 24.3 Å². The van der Waals surface area contributed by atoms with Gasteiger partial charge in [0.05, 0.1) is 18.4 Å². The van der Waals surface area contributed by atoms with Crippen LogP contribution in [0, 0.1) is 0 Å². The van der Waals surface area contributed by atoms with E-state index in [1.165, 1.54) is 6.33 Å². The van der Waals surface area contributed by atoms with E-state index in [2.05, 4.69) is 15.1 Å². The maximum atomic E-state index is 12.7. The second-order valence-corrected chi connectivity index (χ2v) is 5.75. The number of nitrogens with zero attached hydrogens (tertiary/aromatic N) is 5. The van der Waals surface area contributed by atoms with Crippen LogP contribution in [0.1, 0.15) is 5.56 Å². The fraction of sp³-hybridized carbons (Fsp3) is 0.0588. The number of hydrogen-bond donors (Lipinski definition) is 0. The Morgan fingerprint density at radius 1 is 1.08 bits per heavy atom. The smallest absolute Gasteiger partial charge is 0.264 e. The fourth-order valence-corrected chi connectivity index (χ4v) is 2.65. The van der Waals surface area contributed by atoms with Crippen LogP contribution in [0.3, 0.4) is 0 Å². The van der Waals surface area contributed by atoms with Crippen molar-refractivity contribution in [1.29, 1.82) is 0 Å². The van der Waals surface area contributed by atoms with E-state index in [0.717, 1.165) is 11.3 Å². The summed E-state index contributed by atoms with van der Waals surface area (Å²) in [5.74, 6) is 0. The molecule has 0 aliphatic rings. The first-order chi connectivity index (χ1) is 11.7. The molecule has 0 fully saturated rings. The topological polar surface area (TPSA) is 65.6 Å². The molecular weight excluding hydrogens is 326 g/mol. The molecule has 0 bridgehead atoms. The Hall–Kier alpha value is -2.99. The van der Waals surface area contributed by atoms with Crippen LogP contribution in [-0.2, 0) is 6.54 Å². The molecule has 0 amide bonds. The van der Waals surface area contributed by atoms with Gasteiger partial charge in [-0.1, -0.05) is 17.7 Å². The zero-order valence-corrected chi connectivity index (χ0v) is 13.3. The number of pyridine rings is 1. The molecular formula is C17H12ClN5O. The first kappa shape index (κ1) is 14.6. The van der Waals surface area contributed by atoms with Gasteiger partial charge in [-0.25, -0.2) is 9.67 Å². The van der Waals surface area contributed by atoms with Gasteiger partial charge < -0.3 is 0 Å². The second kappa shape index (κ2) is 5.90. The van der Waals surface area contributed by atoms with Crippen molar-refractivity contribution >= 4 is 22.6 Å². The average Bonchev–Trinajstić information content (AvgIpc) is 3.04. The molecule has 0 spiro atoms. The monoisotopic (exact) mass is 337 g/mol. The summed E-state index contributed by atoms with van der Waals surface area (Å²) in [5.41, 5.74) is 2.12. The molecule has 4 aromatic rings. The van der Waals surface area contributed by atoms with Gasteiger partial charge in [0.1, 0.15) is 11.7 Å². The van der Waals surface area contributed by atoms with Crippen molar-refractivity contribution < 1.29 is 0 Å². The summed E-state index contributed by atoms with van der Waals surface area (Å²) in [6, 6.07) is 11.0. The highest BCUT2D eigenvalue weighted by molar-refractivity contribution is 6.30. The third kappa shape index (κ3) is 2.57. The van der Waals surface area contributed by atoms with Gasteiger partial charge in [0.2, 0.25) is 0 Å². The lowest BCUT2D eigenvalue weighted by atomic mass is 10.3. The summed E-state index contributed by atoms with van der Waals surface area (Å²) in [6.45, 7) is 0.418. The van der Waals surface area contributed by atoms with Crippen LogP contribution >= 0.6 is 11.6 Å². The molecule has 0 aliphatic heterocycles. The van der Waals surface area contributed by atoms with E-state index in [4.69, 9.17) is 11.6 Å². The highest BCUT2D eigenvalue weighted by atomic mass is 35.5. The highest BCUT2D eigenvalue weighted by Gasteiger charge is 2.11. The lowest BCUT2D eigenvalue weighted by molar-refractivity contribution is 0.742. The third-order valence-electron chi connectivity index (χ3n) is 3.70. The van der Waals surface area contributed by atoms with Crippen molar-refractivity contribution in [1.82, 2.24) is 24.3 Å². The van der Waals surface area contributed by atoms with Crippen LogP contribution in [0.25, 0.3) is 16.7 Å². The molecule has 0 radical (unpaired) electrons. The molecule has 4 rings (SSSR count). The van der Waals surface area contributed by atoms with Crippen molar-refractivity contribution in [3.05, 3.63) is 82.3 Å². The predicted octanol–water partition coefficient (Wildman–Crippen LogP) is 2.68. The van der Waals surface area contributed by atoms with E-state index in [1.54, 1.807) is 40.0 Å². The minimum Gasteiger partial charge on any atom is -0.294 e. The van der Waals surface area contributed by atoms with Crippen LogP contribution < -0.4 is 5.56 Å². The second-order valence-electron chi connectivity index (χ2n) is 5.31. The molecule has 0 saturated carbocycles. The molecule has 1 aromatic carbocycles. The fourth-order valence-electron chi connectivity index (χ4n) is 2.52. The zero-order valence-electron chi connectivity index (χ0n) is 12.5. The first-order valence-electron chi connectivity index (χ1n) is 7.30. The first-order valence-corrected chi connectivity index (χ1v) is 7.68. The van der Waals surface area contributed by atoms with Gasteiger partial charge in [0, 0.05) is 17.4 Å². The number of benzene rings is 1. The Morgan fingerprint density at radius 3 is 2.67 bits per heavy atom. The third-order valence-corrected chi connectivity index (χ3v) is 3.95. The molecule has 0 unspecified atom stereocenters. The van der Waals surface area contributed by atoms with Crippen molar-refractivity contribution in [2.45, 2.75) is 6.54 Å². The minimum atomic E-state index is -0.135. The molecule has 7 heteroatoms. The maximum absolute atomic E-state index is 12.7. The van der Waals surface area contributed by atoms with E-state index in [9.17, 15) is 4.79 Å². The zero-order chi connectivity index (χ0) is 16.5. The van der Waals surface area contributed by atoms with Crippen molar-refractivity contribution in [2.24, 2.45) is 0 Å². The van der Waals surface area contributed by atoms with E-state index < -0.39 is 0 Å². The normalized spacial score (nSPS) is 11.0. The number of hydrogen-bond acceptors (Lipinski definition) is 4. The number of aromatic nitrogens is 5. The Bertz CT molecular complexity index is 1050. The summed E-state index contributed by atoms with van der Waals surface area (Å²) in [4.78, 5) is 21.1. The van der Waals surface area contributed by atoms with Crippen molar-refractivity contribution in [2.75, 3.05) is 0 Å². The SMILES string of the molecule is O=c1c2cnn(-c3ccc(Cl)cc3)c2ncn1Cc1cccnc1. The molecule has 6 nitrogen and oxygen atoms in total. The standard InChI is InChI=1S/C17H12ClN5O/c18-13-3-5-14(6-4-13)23-16-15(9-21-23)17(24)22(11-20-16)10-12-2-1-7-19-8-12/h1-9,11H,10H2. The highest BCUT2D eigenvalue weighted by Crippen LogP contribution is 2.16. The van der Waals surface area contributed by atoms with Gasteiger partial charge in [0.15, 0.2) is 5.65 Å². The molecule has 0 aliphatic carbocycles. The Labute approximate surface area is 142 Å². The quantitative estimate of drug-likeness (QED) is 0.576. The van der Waals surface area contributed by atoms with Crippen LogP contribution in [0.4, 0.5) is 0 Å². The van der Waals surface area contributed by atoms with Gasteiger partial charge in [-0.05, 0) is 35.9 Å². The molecule has 24 heavy (non-hydrogen) atoms. The molecule has 0 saturated heterocycles. The predicted molar refractivity (Wildman–Crippen MR) is 91.5 cm³/mol. The molecule has 0 atom stereocenters. The summed E-state index contributed by atoms with van der Waals surface area (Å²) in [7, 11) is 0. The van der Waals surface area contributed by atoms with Gasteiger partial charge in [0.25, 0.3) is 5.56 Å². The lowest BCUT2D eigenvalue weighted by Gasteiger charge is -2.06. The number of fused-ring (bicyclic) bond motifs is 1. The Kier molecular flexibility index (Phi) is 3.59. The van der Waals surface area contributed by atoms with Crippen LogP contribution in [0.2, 0.25) is 5.02 Å². The van der Waals surface area contributed by atoms with Crippen molar-refractivity contribution in [3.8, 4) is 5.69 Å². The molecule has 3 aromatic heterocycles. The van der Waals surface area contributed by atoms with Gasteiger partial charge in [-0.15, -0.1) is 0 Å². The summed E-state index contributed by atoms with van der Waals surface area (Å²) < 4.78 is 3.18. The van der Waals surface area contributed by atoms with Gasteiger partial charge in [-0.3, -0.25) is 14.3 Å². The molecule has 118 valence electrons.